The van der Waals surface area contributed by atoms with Crippen LogP contribution in [0.2, 0.25) is 0 Å². The van der Waals surface area contributed by atoms with Gasteiger partial charge in [0.25, 0.3) is 0 Å². The van der Waals surface area contributed by atoms with Crippen molar-refractivity contribution in [3.05, 3.63) is 59.7 Å². The van der Waals surface area contributed by atoms with Crippen molar-refractivity contribution in [2.75, 3.05) is 12.4 Å². The summed E-state index contributed by atoms with van der Waals surface area (Å²) in [7, 11) is -1.02. The van der Waals surface area contributed by atoms with Crippen molar-refractivity contribution in [1.29, 1.82) is 0 Å². The third-order valence-corrected chi connectivity index (χ3v) is 4.29. The highest BCUT2D eigenvalue weighted by molar-refractivity contribution is 7.85. The van der Waals surface area contributed by atoms with Crippen molar-refractivity contribution in [3.63, 3.8) is 0 Å². The second-order valence-electron chi connectivity index (χ2n) is 4.56. The van der Waals surface area contributed by atoms with Crippen molar-refractivity contribution in [2.24, 2.45) is 5.73 Å². The van der Waals surface area contributed by atoms with Gasteiger partial charge in [0.05, 0.1) is 16.6 Å². The second-order valence-corrected chi connectivity index (χ2v) is 6.13. The molecule has 0 fully saturated rings. The first-order valence-corrected chi connectivity index (χ1v) is 7.88. The van der Waals surface area contributed by atoms with E-state index in [1.54, 1.807) is 0 Å². The van der Waals surface area contributed by atoms with Crippen LogP contribution in [0, 0.1) is 6.92 Å². The van der Waals surface area contributed by atoms with Crippen LogP contribution in [0.25, 0.3) is 0 Å². The molecule has 20 heavy (non-hydrogen) atoms. The van der Waals surface area contributed by atoms with E-state index in [9.17, 15) is 4.21 Å². The molecule has 1 unspecified atom stereocenters. The van der Waals surface area contributed by atoms with Gasteiger partial charge in [0.1, 0.15) is 12.4 Å². The number of hydrogen-bond acceptors (Lipinski definition) is 3. The number of aryl methyl sites for hydroxylation is 1. The van der Waals surface area contributed by atoms with Crippen molar-refractivity contribution >= 4 is 10.8 Å². The van der Waals surface area contributed by atoms with Gasteiger partial charge in [-0.1, -0.05) is 29.8 Å². The smallest absolute Gasteiger partial charge is 0.119 e. The van der Waals surface area contributed by atoms with Gasteiger partial charge in [0, 0.05) is 11.4 Å². The summed E-state index contributed by atoms with van der Waals surface area (Å²) >= 11 is 0. The van der Waals surface area contributed by atoms with Crippen LogP contribution in [0.1, 0.15) is 11.1 Å². The SMILES string of the molecule is Cc1ccc(S(=O)CCOc2cccc(CN)c2)cc1. The van der Waals surface area contributed by atoms with E-state index in [0.717, 1.165) is 16.2 Å². The molecule has 0 aromatic heterocycles. The van der Waals surface area contributed by atoms with E-state index in [1.807, 2.05) is 55.5 Å². The average molecular weight is 289 g/mol. The summed E-state index contributed by atoms with van der Waals surface area (Å²) in [6.45, 7) is 2.93. The van der Waals surface area contributed by atoms with Crippen LogP contribution in [0.4, 0.5) is 0 Å². The van der Waals surface area contributed by atoms with Crippen molar-refractivity contribution < 1.29 is 8.95 Å². The zero-order valence-electron chi connectivity index (χ0n) is 11.5. The van der Waals surface area contributed by atoms with Gasteiger partial charge in [-0.05, 0) is 36.8 Å². The van der Waals surface area contributed by atoms with Crippen LogP contribution in [-0.4, -0.2) is 16.6 Å². The third-order valence-electron chi connectivity index (χ3n) is 2.96. The summed E-state index contributed by atoms with van der Waals surface area (Å²) in [5, 5.41) is 0. The molecule has 0 bridgehead atoms. The van der Waals surface area contributed by atoms with Crippen LogP contribution in [0.15, 0.2) is 53.4 Å². The molecule has 2 aromatic rings. The molecule has 1 atom stereocenters. The summed E-state index contributed by atoms with van der Waals surface area (Å²) in [5.41, 5.74) is 7.78. The first-order chi connectivity index (χ1) is 9.69. The van der Waals surface area contributed by atoms with Crippen molar-refractivity contribution in [2.45, 2.75) is 18.4 Å². The zero-order valence-corrected chi connectivity index (χ0v) is 12.4. The van der Waals surface area contributed by atoms with Gasteiger partial charge in [-0.25, -0.2) is 0 Å². The van der Waals surface area contributed by atoms with Gasteiger partial charge in [-0.15, -0.1) is 0 Å². The fourth-order valence-corrected chi connectivity index (χ4v) is 2.72. The molecule has 2 aromatic carbocycles. The van der Waals surface area contributed by atoms with E-state index in [2.05, 4.69) is 0 Å². The maximum absolute atomic E-state index is 12.1. The van der Waals surface area contributed by atoms with Gasteiger partial charge in [0.15, 0.2) is 0 Å². The van der Waals surface area contributed by atoms with Crippen molar-refractivity contribution in [3.8, 4) is 5.75 Å². The molecule has 3 nitrogen and oxygen atoms in total. The Balaban J connectivity index is 1.86. The maximum Gasteiger partial charge on any atom is 0.119 e. The second kappa shape index (κ2) is 7.22. The van der Waals surface area contributed by atoms with Crippen LogP contribution in [-0.2, 0) is 17.3 Å². The largest absolute Gasteiger partial charge is 0.493 e. The minimum absolute atomic E-state index is 0.425. The Bertz CT molecular complexity index is 581. The molecule has 0 aliphatic rings. The average Bonchev–Trinajstić information content (AvgIpc) is 2.48. The lowest BCUT2D eigenvalue weighted by Crippen LogP contribution is -2.09. The predicted molar refractivity (Wildman–Crippen MR) is 82.3 cm³/mol. The van der Waals surface area contributed by atoms with E-state index in [0.29, 0.717) is 18.9 Å². The van der Waals surface area contributed by atoms with E-state index < -0.39 is 10.8 Å². The Kier molecular flexibility index (Phi) is 5.32. The first kappa shape index (κ1) is 14.8. The maximum atomic E-state index is 12.1. The van der Waals surface area contributed by atoms with Gasteiger partial charge >= 0.3 is 0 Å². The van der Waals surface area contributed by atoms with E-state index >= 15 is 0 Å². The number of rotatable bonds is 6. The Morgan fingerprint density at radius 1 is 1.15 bits per heavy atom. The highest BCUT2D eigenvalue weighted by Crippen LogP contribution is 2.13. The molecule has 2 N–H and O–H groups in total. The van der Waals surface area contributed by atoms with Crippen molar-refractivity contribution in [1.82, 2.24) is 0 Å². The molecule has 0 aliphatic heterocycles. The molecular formula is C16H19NO2S. The molecule has 106 valence electrons. The molecular weight excluding hydrogens is 270 g/mol. The third kappa shape index (κ3) is 4.18. The molecule has 0 aliphatic carbocycles. The molecule has 0 saturated heterocycles. The summed E-state index contributed by atoms with van der Waals surface area (Å²) in [5.74, 6) is 1.25. The highest BCUT2D eigenvalue weighted by atomic mass is 32.2. The molecule has 0 spiro atoms. The van der Waals surface area contributed by atoms with Crippen LogP contribution in [0.5, 0.6) is 5.75 Å². The normalized spacial score (nSPS) is 12.1. The molecule has 0 amide bonds. The number of nitrogens with two attached hydrogens (primary N) is 1. The Morgan fingerprint density at radius 2 is 1.90 bits per heavy atom. The topological polar surface area (TPSA) is 52.3 Å². The molecule has 0 heterocycles. The minimum atomic E-state index is -1.02. The van der Waals surface area contributed by atoms with E-state index in [4.69, 9.17) is 10.5 Å². The Morgan fingerprint density at radius 3 is 2.60 bits per heavy atom. The lowest BCUT2D eigenvalue weighted by Gasteiger charge is -2.07. The quantitative estimate of drug-likeness (QED) is 0.889. The van der Waals surface area contributed by atoms with Gasteiger partial charge < -0.3 is 10.5 Å². The molecule has 2 rings (SSSR count). The van der Waals surface area contributed by atoms with Gasteiger partial charge in [0.2, 0.25) is 0 Å². The van der Waals surface area contributed by atoms with Crippen LogP contribution in [0.3, 0.4) is 0 Å². The fourth-order valence-electron chi connectivity index (χ4n) is 1.81. The zero-order chi connectivity index (χ0) is 14.4. The molecule has 0 saturated carbocycles. The summed E-state index contributed by atoms with van der Waals surface area (Å²) in [6, 6.07) is 15.4. The predicted octanol–water partition coefficient (Wildman–Crippen LogP) is 2.64. The first-order valence-electron chi connectivity index (χ1n) is 6.56. The number of ether oxygens (including phenoxy) is 1. The molecule has 0 radical (unpaired) electrons. The van der Waals surface area contributed by atoms with Gasteiger partial charge in [-0.3, -0.25) is 4.21 Å². The highest BCUT2D eigenvalue weighted by Gasteiger charge is 2.04. The standard InChI is InChI=1S/C16H19NO2S/c1-13-5-7-16(8-6-13)20(18)10-9-19-15-4-2-3-14(11-15)12-17/h2-8,11H,9-10,12,17H2,1H3. The number of hydrogen-bond donors (Lipinski definition) is 1. The molecule has 4 heteroatoms. The Hall–Kier alpha value is -1.65. The van der Waals surface area contributed by atoms with Crippen LogP contribution < -0.4 is 10.5 Å². The van der Waals surface area contributed by atoms with E-state index in [1.165, 1.54) is 5.56 Å². The fraction of sp³-hybridized carbons (Fsp3) is 0.250. The number of benzene rings is 2. The monoisotopic (exact) mass is 289 g/mol. The minimum Gasteiger partial charge on any atom is -0.493 e. The van der Waals surface area contributed by atoms with Crippen LogP contribution >= 0.6 is 0 Å². The summed E-state index contributed by atoms with van der Waals surface area (Å²) in [4.78, 5) is 0.843. The summed E-state index contributed by atoms with van der Waals surface area (Å²) < 4.78 is 17.7. The van der Waals surface area contributed by atoms with E-state index in [-0.39, 0.29) is 0 Å². The van der Waals surface area contributed by atoms with Gasteiger partial charge in [-0.2, -0.15) is 0 Å². The summed E-state index contributed by atoms with van der Waals surface area (Å²) in [6.07, 6.45) is 0. The lowest BCUT2D eigenvalue weighted by molar-refractivity contribution is 0.342. The Labute approximate surface area is 122 Å². The lowest BCUT2D eigenvalue weighted by atomic mass is 10.2.